The molecule has 1 unspecified atom stereocenters. The van der Waals surface area contributed by atoms with E-state index < -0.39 is 11.6 Å². The first-order chi connectivity index (χ1) is 9.63. The molecule has 0 fully saturated rings. The summed E-state index contributed by atoms with van der Waals surface area (Å²) >= 11 is 1.30. The van der Waals surface area contributed by atoms with Crippen LogP contribution in [0.25, 0.3) is 0 Å². The molecule has 2 aromatic rings. The predicted molar refractivity (Wildman–Crippen MR) is 79.0 cm³/mol. The van der Waals surface area contributed by atoms with E-state index in [4.69, 9.17) is 0 Å². The van der Waals surface area contributed by atoms with Gasteiger partial charge in [-0.1, -0.05) is 30.8 Å². The highest BCUT2D eigenvalue weighted by atomic mass is 32.2. The van der Waals surface area contributed by atoms with Gasteiger partial charge in [-0.15, -0.1) is 0 Å². The fourth-order valence-corrected chi connectivity index (χ4v) is 2.88. The van der Waals surface area contributed by atoms with Gasteiger partial charge in [0.15, 0.2) is 0 Å². The second kappa shape index (κ2) is 6.86. The molecule has 1 atom stereocenters. The third-order valence-electron chi connectivity index (χ3n) is 3.16. The largest absolute Gasteiger partial charge is 0.313 e. The van der Waals surface area contributed by atoms with E-state index in [2.05, 4.69) is 12.2 Å². The summed E-state index contributed by atoms with van der Waals surface area (Å²) in [5.41, 5.74) is 1.21. The first kappa shape index (κ1) is 15.0. The van der Waals surface area contributed by atoms with Gasteiger partial charge in [-0.05, 0) is 43.3 Å². The molecule has 0 amide bonds. The Hall–Kier alpha value is -1.39. The van der Waals surface area contributed by atoms with Gasteiger partial charge in [0.2, 0.25) is 0 Å². The molecule has 4 heteroatoms. The van der Waals surface area contributed by atoms with Crippen molar-refractivity contribution in [3.63, 3.8) is 0 Å². The second-order valence-electron chi connectivity index (χ2n) is 4.50. The summed E-state index contributed by atoms with van der Waals surface area (Å²) in [5, 5.41) is 3.24. The molecule has 0 radical (unpaired) electrons. The van der Waals surface area contributed by atoms with Gasteiger partial charge in [-0.25, -0.2) is 8.78 Å². The minimum absolute atomic E-state index is 0.330. The summed E-state index contributed by atoms with van der Waals surface area (Å²) in [6.45, 7) is 2.12. The van der Waals surface area contributed by atoms with Crippen molar-refractivity contribution in [2.75, 3.05) is 7.05 Å². The minimum atomic E-state index is -0.554. The van der Waals surface area contributed by atoms with Gasteiger partial charge in [0.1, 0.15) is 11.6 Å². The predicted octanol–water partition coefficient (Wildman–Crippen LogP) is 4.79. The Morgan fingerprint density at radius 1 is 1.10 bits per heavy atom. The average molecular weight is 293 g/mol. The molecule has 0 aromatic heterocycles. The minimum Gasteiger partial charge on any atom is -0.313 e. The molecular formula is C16H17F2NS. The molecule has 106 valence electrons. The van der Waals surface area contributed by atoms with E-state index >= 15 is 0 Å². The quantitative estimate of drug-likeness (QED) is 0.851. The number of hydrogen-bond donors (Lipinski definition) is 1. The Bertz CT molecular complexity index is 565. The average Bonchev–Trinajstić information content (AvgIpc) is 2.45. The topological polar surface area (TPSA) is 12.0 Å². The molecule has 0 heterocycles. The first-order valence-corrected chi connectivity index (χ1v) is 7.35. The maximum atomic E-state index is 13.6. The molecule has 0 bridgehead atoms. The van der Waals surface area contributed by atoms with Gasteiger partial charge < -0.3 is 5.32 Å². The maximum Gasteiger partial charge on any atom is 0.140 e. The number of nitrogens with one attached hydrogen (secondary N) is 1. The lowest BCUT2D eigenvalue weighted by atomic mass is 10.1. The summed E-state index contributed by atoms with van der Waals surface area (Å²) in [6.07, 6.45) is 1.01. The van der Waals surface area contributed by atoms with Crippen LogP contribution in [0.1, 0.15) is 24.9 Å². The zero-order valence-electron chi connectivity index (χ0n) is 11.5. The Morgan fingerprint density at radius 2 is 1.80 bits per heavy atom. The van der Waals surface area contributed by atoms with Crippen molar-refractivity contribution in [2.45, 2.75) is 29.2 Å². The van der Waals surface area contributed by atoms with Crippen molar-refractivity contribution >= 4 is 11.8 Å². The third-order valence-corrected chi connectivity index (χ3v) is 4.22. The SMILES string of the molecule is CCC(NC)c1ccc(Sc2ccc(F)cc2F)cc1. The lowest BCUT2D eigenvalue weighted by molar-refractivity contribution is 0.565. The van der Waals surface area contributed by atoms with Crippen molar-refractivity contribution in [2.24, 2.45) is 0 Å². The molecule has 0 saturated carbocycles. The highest BCUT2D eigenvalue weighted by Crippen LogP contribution is 2.31. The zero-order valence-corrected chi connectivity index (χ0v) is 12.3. The van der Waals surface area contributed by atoms with Gasteiger partial charge in [0, 0.05) is 21.9 Å². The number of benzene rings is 2. The molecule has 1 N–H and O–H groups in total. The normalized spacial score (nSPS) is 12.4. The Balaban J connectivity index is 2.14. The van der Waals surface area contributed by atoms with Crippen molar-refractivity contribution in [3.05, 3.63) is 59.7 Å². The fourth-order valence-electron chi connectivity index (χ4n) is 2.06. The van der Waals surface area contributed by atoms with E-state index in [1.807, 2.05) is 31.3 Å². The molecule has 20 heavy (non-hydrogen) atoms. The van der Waals surface area contributed by atoms with E-state index in [1.54, 1.807) is 0 Å². The molecule has 0 aliphatic heterocycles. The van der Waals surface area contributed by atoms with Crippen LogP contribution in [-0.4, -0.2) is 7.05 Å². The van der Waals surface area contributed by atoms with Crippen LogP contribution in [-0.2, 0) is 0 Å². The third kappa shape index (κ3) is 3.58. The molecule has 0 aliphatic rings. The van der Waals surface area contributed by atoms with E-state index in [0.717, 1.165) is 17.4 Å². The summed E-state index contributed by atoms with van der Waals surface area (Å²) in [5.74, 6) is -1.08. The molecule has 0 spiro atoms. The van der Waals surface area contributed by atoms with Crippen LogP contribution in [0.5, 0.6) is 0 Å². The zero-order chi connectivity index (χ0) is 14.5. The monoisotopic (exact) mass is 293 g/mol. The van der Waals surface area contributed by atoms with E-state index in [1.165, 1.54) is 29.5 Å². The summed E-state index contributed by atoms with van der Waals surface area (Å²) < 4.78 is 26.4. The highest BCUT2D eigenvalue weighted by molar-refractivity contribution is 7.99. The van der Waals surface area contributed by atoms with Gasteiger partial charge >= 0.3 is 0 Å². The highest BCUT2D eigenvalue weighted by Gasteiger charge is 2.08. The molecule has 2 aromatic carbocycles. The van der Waals surface area contributed by atoms with E-state index in [-0.39, 0.29) is 0 Å². The van der Waals surface area contributed by atoms with Crippen molar-refractivity contribution in [1.29, 1.82) is 0 Å². The molecule has 0 saturated heterocycles. The maximum absolute atomic E-state index is 13.6. The van der Waals surface area contributed by atoms with Crippen LogP contribution in [0.3, 0.4) is 0 Å². The second-order valence-corrected chi connectivity index (χ2v) is 5.61. The molecule has 1 nitrogen and oxygen atoms in total. The summed E-state index contributed by atoms with van der Waals surface area (Å²) in [6, 6.07) is 12.0. The Kier molecular flexibility index (Phi) is 5.15. The van der Waals surface area contributed by atoms with Crippen LogP contribution >= 0.6 is 11.8 Å². The van der Waals surface area contributed by atoms with Crippen LogP contribution in [0, 0.1) is 11.6 Å². The van der Waals surface area contributed by atoms with Crippen LogP contribution in [0.4, 0.5) is 8.78 Å². The van der Waals surface area contributed by atoms with Gasteiger partial charge in [0.05, 0.1) is 0 Å². The smallest absolute Gasteiger partial charge is 0.140 e. The van der Waals surface area contributed by atoms with E-state index in [9.17, 15) is 8.78 Å². The van der Waals surface area contributed by atoms with Crippen molar-refractivity contribution in [1.82, 2.24) is 5.32 Å². The van der Waals surface area contributed by atoms with Crippen LogP contribution in [0.15, 0.2) is 52.3 Å². The van der Waals surface area contributed by atoms with Crippen LogP contribution < -0.4 is 5.32 Å². The van der Waals surface area contributed by atoms with Crippen molar-refractivity contribution < 1.29 is 8.78 Å². The standard InChI is InChI=1S/C16H17F2NS/c1-3-15(19-2)11-4-7-13(8-5-11)20-16-9-6-12(17)10-14(16)18/h4-10,15,19H,3H2,1-2H3. The Morgan fingerprint density at radius 3 is 2.35 bits per heavy atom. The summed E-state index contributed by atoms with van der Waals surface area (Å²) in [7, 11) is 1.94. The van der Waals surface area contributed by atoms with Gasteiger partial charge in [-0.3, -0.25) is 0 Å². The van der Waals surface area contributed by atoms with Gasteiger partial charge in [0.25, 0.3) is 0 Å². The first-order valence-electron chi connectivity index (χ1n) is 6.54. The Labute approximate surface area is 122 Å². The van der Waals surface area contributed by atoms with Gasteiger partial charge in [-0.2, -0.15) is 0 Å². The van der Waals surface area contributed by atoms with Crippen LogP contribution in [0.2, 0.25) is 0 Å². The van der Waals surface area contributed by atoms with E-state index in [0.29, 0.717) is 10.9 Å². The fraction of sp³-hybridized carbons (Fsp3) is 0.250. The lowest BCUT2D eigenvalue weighted by Crippen LogP contribution is -2.14. The molecular weight excluding hydrogens is 276 g/mol. The molecule has 2 rings (SSSR count). The summed E-state index contributed by atoms with van der Waals surface area (Å²) in [4.78, 5) is 1.37. The molecule has 0 aliphatic carbocycles. The number of rotatable bonds is 5. The van der Waals surface area contributed by atoms with Crippen molar-refractivity contribution in [3.8, 4) is 0 Å². The lowest BCUT2D eigenvalue weighted by Gasteiger charge is -2.14. The number of hydrogen-bond acceptors (Lipinski definition) is 2. The number of halogens is 2.